The summed E-state index contributed by atoms with van der Waals surface area (Å²) in [6.45, 7) is 0.479. The molecular weight excluding hydrogens is 432 g/mol. The second kappa shape index (κ2) is 12.7. The number of nitrogens with one attached hydrogen (secondary N) is 1. The second-order valence-electron chi connectivity index (χ2n) is 8.50. The van der Waals surface area contributed by atoms with E-state index in [1.165, 1.54) is 12.0 Å². The van der Waals surface area contributed by atoms with Gasteiger partial charge in [-0.15, -0.1) is 0 Å². The molecule has 0 spiro atoms. The van der Waals surface area contributed by atoms with Crippen molar-refractivity contribution < 1.29 is 23.9 Å². The van der Waals surface area contributed by atoms with Gasteiger partial charge in [0, 0.05) is 18.7 Å². The minimum atomic E-state index is -0.402. The number of carbonyl (C=O) groups is 4. The van der Waals surface area contributed by atoms with Crippen molar-refractivity contribution >= 4 is 29.4 Å². The van der Waals surface area contributed by atoms with Gasteiger partial charge >= 0.3 is 5.97 Å². The van der Waals surface area contributed by atoms with E-state index < -0.39 is 5.97 Å². The SMILES string of the molecule is COC(=O)c1ccc(NC(=O)CCCCCCCCCCN2C(=O)c3ccccc3C2=O)cc1. The van der Waals surface area contributed by atoms with Gasteiger partial charge in [-0.2, -0.15) is 0 Å². The number of fused-ring (bicyclic) bond motifs is 1. The normalized spacial score (nSPS) is 12.6. The van der Waals surface area contributed by atoms with E-state index in [0.29, 0.717) is 35.3 Å². The third-order valence-electron chi connectivity index (χ3n) is 6.00. The van der Waals surface area contributed by atoms with Crippen LogP contribution in [0.25, 0.3) is 0 Å². The van der Waals surface area contributed by atoms with Gasteiger partial charge in [-0.1, -0.05) is 50.7 Å². The monoisotopic (exact) mass is 464 g/mol. The number of ether oxygens (including phenoxy) is 1. The Morgan fingerprint density at radius 2 is 1.29 bits per heavy atom. The van der Waals surface area contributed by atoms with Crippen molar-refractivity contribution in [3.8, 4) is 0 Å². The van der Waals surface area contributed by atoms with E-state index >= 15 is 0 Å². The summed E-state index contributed by atoms with van der Waals surface area (Å²) < 4.78 is 4.66. The smallest absolute Gasteiger partial charge is 0.337 e. The first-order chi connectivity index (χ1) is 16.5. The van der Waals surface area contributed by atoms with Crippen LogP contribution in [0.15, 0.2) is 48.5 Å². The molecule has 34 heavy (non-hydrogen) atoms. The predicted octanol–water partition coefficient (Wildman–Crippen LogP) is 5.22. The molecule has 3 amide bonds. The number of hydrogen-bond acceptors (Lipinski definition) is 5. The van der Waals surface area contributed by atoms with Crippen molar-refractivity contribution in [3.05, 3.63) is 65.2 Å². The molecule has 180 valence electrons. The molecule has 7 nitrogen and oxygen atoms in total. The van der Waals surface area contributed by atoms with E-state index in [4.69, 9.17) is 0 Å². The standard InChI is InChI=1S/C27H32N2O5/c1-34-27(33)20-15-17-21(18-16-20)28-24(30)14-8-6-4-2-3-5-7-11-19-29-25(31)22-12-9-10-13-23(22)26(29)32/h9-10,12-13,15-18H,2-8,11,14,19H2,1H3,(H,28,30). The molecule has 0 bridgehead atoms. The Morgan fingerprint density at radius 1 is 0.765 bits per heavy atom. The lowest BCUT2D eigenvalue weighted by atomic mass is 10.1. The van der Waals surface area contributed by atoms with Crippen LogP contribution < -0.4 is 5.32 Å². The molecule has 7 heteroatoms. The van der Waals surface area contributed by atoms with E-state index in [1.54, 1.807) is 48.5 Å². The van der Waals surface area contributed by atoms with Crippen LogP contribution in [-0.2, 0) is 9.53 Å². The minimum absolute atomic E-state index is 0.0287. The topological polar surface area (TPSA) is 92.8 Å². The van der Waals surface area contributed by atoms with Crippen molar-refractivity contribution in [2.45, 2.75) is 57.8 Å². The summed E-state index contributed by atoms with van der Waals surface area (Å²) >= 11 is 0. The molecule has 0 unspecified atom stereocenters. The molecule has 0 saturated heterocycles. The Kier molecular flexibility index (Phi) is 9.38. The highest BCUT2D eigenvalue weighted by Gasteiger charge is 2.34. The lowest BCUT2D eigenvalue weighted by molar-refractivity contribution is -0.116. The van der Waals surface area contributed by atoms with Crippen LogP contribution in [0, 0.1) is 0 Å². The van der Waals surface area contributed by atoms with Crippen LogP contribution in [0.3, 0.4) is 0 Å². The number of carbonyl (C=O) groups excluding carboxylic acids is 4. The number of methoxy groups -OCH3 is 1. The molecule has 3 rings (SSSR count). The molecular formula is C27H32N2O5. The molecule has 0 radical (unpaired) electrons. The summed E-state index contributed by atoms with van der Waals surface area (Å²) in [5.74, 6) is -0.787. The van der Waals surface area contributed by atoms with Crippen LogP contribution >= 0.6 is 0 Å². The average Bonchev–Trinajstić information content (AvgIpc) is 3.10. The Morgan fingerprint density at radius 3 is 1.85 bits per heavy atom. The van der Waals surface area contributed by atoms with Gasteiger partial charge < -0.3 is 10.1 Å². The van der Waals surface area contributed by atoms with Crippen LogP contribution in [0.4, 0.5) is 5.69 Å². The van der Waals surface area contributed by atoms with Crippen LogP contribution in [0.1, 0.15) is 88.9 Å². The Labute approximate surface area is 200 Å². The molecule has 1 N–H and O–H groups in total. The maximum Gasteiger partial charge on any atom is 0.337 e. The number of imide groups is 1. The van der Waals surface area contributed by atoms with Crippen LogP contribution in [-0.4, -0.2) is 42.2 Å². The average molecular weight is 465 g/mol. The molecule has 1 aliphatic rings. The molecule has 1 heterocycles. The number of nitrogens with zero attached hydrogens (tertiary/aromatic N) is 1. The highest BCUT2D eigenvalue weighted by molar-refractivity contribution is 6.21. The maximum atomic E-state index is 12.3. The Balaban J connectivity index is 1.19. The molecule has 0 atom stereocenters. The van der Waals surface area contributed by atoms with E-state index in [2.05, 4.69) is 10.1 Å². The molecule has 1 aliphatic heterocycles. The van der Waals surface area contributed by atoms with Crippen molar-refractivity contribution in [2.75, 3.05) is 19.0 Å². The quantitative estimate of drug-likeness (QED) is 0.249. The van der Waals surface area contributed by atoms with Gasteiger partial charge in [-0.3, -0.25) is 19.3 Å². The first-order valence-electron chi connectivity index (χ1n) is 11.9. The second-order valence-corrected chi connectivity index (χ2v) is 8.50. The first-order valence-corrected chi connectivity index (χ1v) is 11.9. The van der Waals surface area contributed by atoms with Crippen molar-refractivity contribution in [3.63, 3.8) is 0 Å². The Hall–Kier alpha value is -3.48. The van der Waals surface area contributed by atoms with Gasteiger partial charge in [-0.05, 0) is 49.2 Å². The van der Waals surface area contributed by atoms with E-state index in [1.807, 2.05) is 0 Å². The third kappa shape index (κ3) is 6.76. The number of unbranched alkanes of at least 4 members (excludes halogenated alkanes) is 7. The van der Waals surface area contributed by atoms with Crippen LogP contribution in [0.5, 0.6) is 0 Å². The summed E-state index contributed by atoms with van der Waals surface area (Å²) in [6.07, 6.45) is 8.51. The third-order valence-corrected chi connectivity index (χ3v) is 6.00. The van der Waals surface area contributed by atoms with Gasteiger partial charge in [0.2, 0.25) is 5.91 Å². The lowest BCUT2D eigenvalue weighted by Crippen LogP contribution is -2.30. The summed E-state index contributed by atoms with van der Waals surface area (Å²) in [6, 6.07) is 13.6. The van der Waals surface area contributed by atoms with Gasteiger partial charge in [0.1, 0.15) is 0 Å². The molecule has 0 fully saturated rings. The number of hydrogen-bond donors (Lipinski definition) is 1. The van der Waals surface area contributed by atoms with Crippen molar-refractivity contribution in [1.29, 1.82) is 0 Å². The van der Waals surface area contributed by atoms with Crippen molar-refractivity contribution in [2.24, 2.45) is 0 Å². The van der Waals surface area contributed by atoms with Crippen molar-refractivity contribution in [1.82, 2.24) is 4.90 Å². The van der Waals surface area contributed by atoms with Gasteiger partial charge in [0.05, 0.1) is 23.8 Å². The number of benzene rings is 2. The first kappa shape index (κ1) is 25.1. The summed E-state index contributed by atoms with van der Waals surface area (Å²) in [5, 5.41) is 2.84. The van der Waals surface area contributed by atoms with E-state index in [9.17, 15) is 19.2 Å². The maximum absolute atomic E-state index is 12.3. The fourth-order valence-corrected chi connectivity index (χ4v) is 4.09. The highest BCUT2D eigenvalue weighted by atomic mass is 16.5. The molecule has 2 aromatic rings. The zero-order valence-corrected chi connectivity index (χ0v) is 19.7. The molecule has 0 saturated carbocycles. The molecule has 2 aromatic carbocycles. The summed E-state index contributed by atoms with van der Waals surface area (Å²) in [4.78, 5) is 49.5. The fourth-order valence-electron chi connectivity index (χ4n) is 4.09. The van der Waals surface area contributed by atoms with Gasteiger partial charge in [0.25, 0.3) is 11.8 Å². The zero-order valence-electron chi connectivity index (χ0n) is 19.7. The highest BCUT2D eigenvalue weighted by Crippen LogP contribution is 2.23. The predicted molar refractivity (Wildman–Crippen MR) is 130 cm³/mol. The fraction of sp³-hybridized carbons (Fsp3) is 0.407. The van der Waals surface area contributed by atoms with Gasteiger partial charge in [0.15, 0.2) is 0 Å². The summed E-state index contributed by atoms with van der Waals surface area (Å²) in [7, 11) is 1.33. The van der Waals surface area contributed by atoms with Crippen LogP contribution in [0.2, 0.25) is 0 Å². The number of anilines is 1. The largest absolute Gasteiger partial charge is 0.465 e. The molecule has 0 aliphatic carbocycles. The minimum Gasteiger partial charge on any atom is -0.465 e. The Bertz CT molecular complexity index is 981. The van der Waals surface area contributed by atoms with Gasteiger partial charge in [-0.25, -0.2) is 4.79 Å². The lowest BCUT2D eigenvalue weighted by Gasteiger charge is -2.13. The zero-order chi connectivity index (χ0) is 24.3. The number of esters is 1. The van der Waals surface area contributed by atoms with E-state index in [-0.39, 0.29) is 17.7 Å². The number of rotatable bonds is 13. The summed E-state index contributed by atoms with van der Waals surface area (Å²) in [5.41, 5.74) is 2.14. The van der Waals surface area contributed by atoms with E-state index in [0.717, 1.165) is 51.4 Å². The molecule has 0 aromatic heterocycles. The number of amides is 3.